The van der Waals surface area contributed by atoms with Crippen molar-refractivity contribution in [3.8, 4) is 11.8 Å². The Balaban J connectivity index is 1.62. The molecule has 1 atom stereocenters. The highest BCUT2D eigenvalue weighted by molar-refractivity contribution is 6.14. The minimum Gasteiger partial charge on any atom is -0.484 e. The number of nitrogens with zero attached hydrogens (tertiary/aromatic N) is 3. The molecule has 1 unspecified atom stereocenters. The summed E-state index contributed by atoms with van der Waals surface area (Å²) in [5, 5.41) is 17.8. The molecular weight excluding hydrogens is 374 g/mol. The Morgan fingerprint density at radius 1 is 1.27 bits per heavy atom. The molecule has 0 saturated heterocycles. The maximum absolute atomic E-state index is 9.12. The van der Waals surface area contributed by atoms with E-state index < -0.39 is 0 Å². The van der Waals surface area contributed by atoms with Crippen LogP contribution < -0.4 is 10.5 Å². The third-order valence-corrected chi connectivity index (χ3v) is 5.39. The molecule has 1 aliphatic carbocycles. The molecule has 6 nitrogen and oxygen atoms in total. The first-order valence-corrected chi connectivity index (χ1v) is 10.1. The lowest BCUT2D eigenvalue weighted by Gasteiger charge is -2.25. The second-order valence-corrected chi connectivity index (χ2v) is 7.39. The molecule has 2 heterocycles. The molecule has 2 aromatic heterocycles. The number of ether oxygens (including phenoxy) is 1. The number of nitrogens with one attached hydrogen (secondary N) is 1. The van der Waals surface area contributed by atoms with Crippen molar-refractivity contribution in [3.63, 3.8) is 0 Å². The quantitative estimate of drug-likeness (QED) is 0.491. The lowest BCUT2D eigenvalue weighted by Crippen LogP contribution is -2.17. The molecule has 0 bridgehead atoms. The number of fused-ring (bicyclic) bond motifs is 1. The normalized spacial score (nSPS) is 15.1. The summed E-state index contributed by atoms with van der Waals surface area (Å²) in [4.78, 5) is 8.79. The van der Waals surface area contributed by atoms with Gasteiger partial charge in [0.05, 0.1) is 17.0 Å². The minimum absolute atomic E-state index is 0.181. The van der Waals surface area contributed by atoms with Gasteiger partial charge in [0.25, 0.3) is 0 Å². The van der Waals surface area contributed by atoms with Crippen LogP contribution in [0.5, 0.6) is 5.75 Å². The number of nitrogen functional groups attached to an aromatic ring is 1. The van der Waals surface area contributed by atoms with Crippen molar-refractivity contribution in [1.29, 1.82) is 10.7 Å². The van der Waals surface area contributed by atoms with Crippen LogP contribution in [0.3, 0.4) is 0 Å². The number of benzene rings is 1. The van der Waals surface area contributed by atoms with E-state index in [9.17, 15) is 0 Å². The van der Waals surface area contributed by atoms with Crippen molar-refractivity contribution in [2.24, 2.45) is 0 Å². The highest BCUT2D eigenvalue weighted by Gasteiger charge is 2.24. The Morgan fingerprint density at radius 3 is 2.93 bits per heavy atom. The molecule has 0 saturated carbocycles. The number of aryl methyl sites for hydroxylation is 2. The number of nitriles is 1. The largest absolute Gasteiger partial charge is 0.484 e. The Bertz CT molecular complexity index is 1150. The standard InChI is InChI=1S/C24H23N5O/c1-2-18-11-16(8-9-28-18)23(27)20-12-19(6-7-21(20)26)30-22-5-3-4-17-10-15(13-25)14-29-24(17)22/h6-12,14,22,27H,2-5,26H2,1H3. The second-order valence-electron chi connectivity index (χ2n) is 7.39. The van der Waals surface area contributed by atoms with Crippen LogP contribution in [0.1, 0.15) is 59.5 Å². The maximum Gasteiger partial charge on any atom is 0.141 e. The third kappa shape index (κ3) is 3.87. The molecule has 30 heavy (non-hydrogen) atoms. The van der Waals surface area contributed by atoms with Crippen LogP contribution in [0, 0.1) is 16.7 Å². The summed E-state index contributed by atoms with van der Waals surface area (Å²) in [5.74, 6) is 0.651. The second kappa shape index (κ2) is 8.34. The van der Waals surface area contributed by atoms with Crippen LogP contribution in [0.25, 0.3) is 0 Å². The third-order valence-electron chi connectivity index (χ3n) is 5.39. The number of anilines is 1. The molecule has 4 rings (SSSR count). The van der Waals surface area contributed by atoms with Gasteiger partial charge in [-0.2, -0.15) is 5.26 Å². The molecule has 3 aromatic rings. The lowest BCUT2D eigenvalue weighted by molar-refractivity contribution is 0.178. The van der Waals surface area contributed by atoms with E-state index in [2.05, 4.69) is 16.0 Å². The predicted octanol–water partition coefficient (Wildman–Crippen LogP) is 4.37. The predicted molar refractivity (Wildman–Crippen MR) is 116 cm³/mol. The van der Waals surface area contributed by atoms with E-state index in [4.69, 9.17) is 21.1 Å². The first-order chi connectivity index (χ1) is 14.6. The topological polar surface area (TPSA) is 109 Å². The molecule has 0 radical (unpaired) electrons. The van der Waals surface area contributed by atoms with Gasteiger partial charge in [-0.25, -0.2) is 0 Å². The molecule has 150 valence electrons. The number of hydrogen-bond acceptors (Lipinski definition) is 6. The number of hydrogen-bond donors (Lipinski definition) is 2. The van der Waals surface area contributed by atoms with Crippen molar-refractivity contribution in [2.75, 3.05) is 5.73 Å². The van der Waals surface area contributed by atoms with Gasteiger partial charge >= 0.3 is 0 Å². The van der Waals surface area contributed by atoms with Gasteiger partial charge in [0.2, 0.25) is 0 Å². The molecule has 3 N–H and O–H groups in total. The monoisotopic (exact) mass is 397 g/mol. The van der Waals surface area contributed by atoms with E-state index in [-0.39, 0.29) is 6.10 Å². The summed E-state index contributed by atoms with van der Waals surface area (Å²) in [6.07, 6.45) is 6.67. The summed E-state index contributed by atoms with van der Waals surface area (Å²) >= 11 is 0. The van der Waals surface area contributed by atoms with Gasteiger partial charge in [-0.05, 0) is 67.6 Å². The van der Waals surface area contributed by atoms with Crippen molar-refractivity contribution in [1.82, 2.24) is 9.97 Å². The molecule has 0 aliphatic heterocycles. The van der Waals surface area contributed by atoms with E-state index in [0.717, 1.165) is 48.2 Å². The van der Waals surface area contributed by atoms with Gasteiger partial charge in [0.15, 0.2) is 0 Å². The molecular formula is C24H23N5O. The summed E-state index contributed by atoms with van der Waals surface area (Å²) in [6, 6.07) is 13.2. The summed E-state index contributed by atoms with van der Waals surface area (Å²) in [6.45, 7) is 2.04. The zero-order chi connectivity index (χ0) is 21.1. The maximum atomic E-state index is 9.12. The van der Waals surface area contributed by atoms with Crippen molar-refractivity contribution in [2.45, 2.75) is 38.7 Å². The average molecular weight is 397 g/mol. The zero-order valence-corrected chi connectivity index (χ0v) is 16.9. The fourth-order valence-electron chi connectivity index (χ4n) is 3.77. The molecule has 1 aromatic carbocycles. The van der Waals surface area contributed by atoms with Crippen LogP contribution in [0.4, 0.5) is 5.69 Å². The molecule has 0 fully saturated rings. The first kappa shape index (κ1) is 19.6. The number of aromatic nitrogens is 2. The van der Waals surface area contributed by atoms with Crippen LogP contribution >= 0.6 is 0 Å². The summed E-state index contributed by atoms with van der Waals surface area (Å²) < 4.78 is 6.27. The van der Waals surface area contributed by atoms with E-state index >= 15 is 0 Å². The smallest absolute Gasteiger partial charge is 0.141 e. The van der Waals surface area contributed by atoms with E-state index in [0.29, 0.717) is 28.3 Å². The highest BCUT2D eigenvalue weighted by atomic mass is 16.5. The van der Waals surface area contributed by atoms with Gasteiger partial charge in [0.1, 0.15) is 17.9 Å². The zero-order valence-electron chi connectivity index (χ0n) is 16.9. The van der Waals surface area contributed by atoms with Gasteiger partial charge in [-0.3, -0.25) is 15.4 Å². The molecule has 1 aliphatic rings. The first-order valence-electron chi connectivity index (χ1n) is 10.1. The van der Waals surface area contributed by atoms with Crippen LogP contribution in [0.2, 0.25) is 0 Å². The SMILES string of the molecule is CCc1cc(C(=N)c2cc(OC3CCCc4cc(C#N)cnc43)ccc2N)ccn1. The fraction of sp³-hybridized carbons (Fsp3) is 0.250. The minimum atomic E-state index is -0.181. The van der Waals surface area contributed by atoms with Crippen LogP contribution in [-0.2, 0) is 12.8 Å². The number of rotatable bonds is 5. The van der Waals surface area contributed by atoms with Crippen molar-refractivity contribution < 1.29 is 4.74 Å². The van der Waals surface area contributed by atoms with E-state index in [1.165, 1.54) is 0 Å². The van der Waals surface area contributed by atoms with Gasteiger partial charge in [-0.15, -0.1) is 0 Å². The van der Waals surface area contributed by atoms with E-state index in [1.807, 2.05) is 37.3 Å². The van der Waals surface area contributed by atoms with E-state index in [1.54, 1.807) is 18.5 Å². The molecule has 6 heteroatoms. The number of pyridine rings is 2. The Kier molecular flexibility index (Phi) is 5.44. The molecule has 0 spiro atoms. The lowest BCUT2D eigenvalue weighted by atomic mass is 9.92. The summed E-state index contributed by atoms with van der Waals surface area (Å²) in [5.41, 5.74) is 11.9. The van der Waals surface area contributed by atoms with Gasteiger partial charge < -0.3 is 10.5 Å². The summed E-state index contributed by atoms with van der Waals surface area (Å²) in [7, 11) is 0. The van der Waals surface area contributed by atoms with Crippen molar-refractivity contribution in [3.05, 3.63) is 82.4 Å². The number of nitrogens with two attached hydrogens (primary N) is 1. The Morgan fingerprint density at radius 2 is 2.13 bits per heavy atom. The Hall–Kier alpha value is -3.72. The Labute approximate surface area is 175 Å². The fourth-order valence-corrected chi connectivity index (χ4v) is 3.77. The highest BCUT2D eigenvalue weighted by Crippen LogP contribution is 2.34. The van der Waals surface area contributed by atoms with Crippen LogP contribution in [-0.4, -0.2) is 15.7 Å². The molecule has 0 amide bonds. The van der Waals surface area contributed by atoms with Crippen LogP contribution in [0.15, 0.2) is 48.8 Å². The average Bonchev–Trinajstić information content (AvgIpc) is 2.79. The van der Waals surface area contributed by atoms with Gasteiger partial charge in [-0.1, -0.05) is 6.92 Å². The van der Waals surface area contributed by atoms with Gasteiger partial charge in [0, 0.05) is 34.9 Å². The van der Waals surface area contributed by atoms with Crippen molar-refractivity contribution >= 4 is 11.4 Å².